The van der Waals surface area contributed by atoms with Crippen molar-refractivity contribution in [2.45, 2.75) is 30.8 Å². The molecule has 8 heteroatoms. The van der Waals surface area contributed by atoms with Gasteiger partial charge in [-0.15, -0.1) is 0 Å². The van der Waals surface area contributed by atoms with E-state index >= 15 is 0 Å². The summed E-state index contributed by atoms with van der Waals surface area (Å²) in [6.45, 7) is 0.699. The molecular weight excluding hydrogens is 326 g/mol. The van der Waals surface area contributed by atoms with E-state index in [-0.39, 0.29) is 5.03 Å². The summed E-state index contributed by atoms with van der Waals surface area (Å²) >= 11 is 0. The van der Waals surface area contributed by atoms with E-state index in [1.54, 1.807) is 29.1 Å². The van der Waals surface area contributed by atoms with Gasteiger partial charge in [0.25, 0.3) is 10.0 Å². The molecule has 7 nitrogen and oxygen atoms in total. The lowest BCUT2D eigenvalue weighted by atomic mass is 10.1. The molecule has 0 atom stereocenters. The van der Waals surface area contributed by atoms with Gasteiger partial charge in [-0.25, -0.2) is 4.98 Å². The molecule has 3 heterocycles. The number of rotatable bonds is 4. The minimum Gasteiger partial charge on any atom is -0.318 e. The number of aromatic nitrogens is 4. The van der Waals surface area contributed by atoms with Crippen molar-refractivity contribution in [3.05, 3.63) is 48.7 Å². The molecular formula is C16H17N5O2S. The van der Waals surface area contributed by atoms with Gasteiger partial charge in [0, 0.05) is 30.4 Å². The molecule has 124 valence electrons. The molecule has 0 spiro atoms. The van der Waals surface area contributed by atoms with Gasteiger partial charge in [0.1, 0.15) is 5.82 Å². The number of nitrogens with one attached hydrogen (secondary N) is 2. The Morgan fingerprint density at radius 3 is 2.67 bits per heavy atom. The lowest BCUT2D eigenvalue weighted by molar-refractivity contribution is 0.488. The number of nitrogens with zero attached hydrogens (tertiary/aromatic N) is 3. The van der Waals surface area contributed by atoms with Crippen molar-refractivity contribution in [3.63, 3.8) is 0 Å². The van der Waals surface area contributed by atoms with E-state index in [0.717, 1.165) is 36.2 Å². The van der Waals surface area contributed by atoms with Crippen LogP contribution in [0.2, 0.25) is 0 Å². The zero-order valence-corrected chi connectivity index (χ0v) is 13.8. The molecule has 0 aliphatic carbocycles. The molecule has 0 saturated carbocycles. The van der Waals surface area contributed by atoms with Gasteiger partial charge in [-0.1, -0.05) is 12.1 Å². The molecule has 24 heavy (non-hydrogen) atoms. The van der Waals surface area contributed by atoms with Crippen LogP contribution in [0.25, 0.3) is 11.1 Å². The van der Waals surface area contributed by atoms with Crippen molar-refractivity contribution in [2.24, 2.45) is 0 Å². The Kier molecular flexibility index (Phi) is 3.61. The second-order valence-electron chi connectivity index (χ2n) is 5.79. The van der Waals surface area contributed by atoms with Gasteiger partial charge in [-0.05, 0) is 30.5 Å². The van der Waals surface area contributed by atoms with Crippen molar-refractivity contribution >= 4 is 15.7 Å². The van der Waals surface area contributed by atoms with Crippen LogP contribution < -0.4 is 4.72 Å². The summed E-state index contributed by atoms with van der Waals surface area (Å²) < 4.78 is 29.8. The maximum Gasteiger partial charge on any atom is 0.279 e. The number of aryl methyl sites for hydroxylation is 1. The first-order valence-electron chi connectivity index (χ1n) is 7.80. The molecule has 0 unspecified atom stereocenters. The number of hydrogen-bond acceptors (Lipinski definition) is 4. The highest BCUT2D eigenvalue weighted by Crippen LogP contribution is 2.24. The summed E-state index contributed by atoms with van der Waals surface area (Å²) in [6, 6.07) is 7.20. The van der Waals surface area contributed by atoms with Crippen LogP contribution in [0.5, 0.6) is 0 Å². The highest BCUT2D eigenvalue weighted by molar-refractivity contribution is 7.92. The van der Waals surface area contributed by atoms with Gasteiger partial charge in [-0.3, -0.25) is 9.82 Å². The van der Waals surface area contributed by atoms with Crippen LogP contribution in [0.1, 0.15) is 18.7 Å². The van der Waals surface area contributed by atoms with Gasteiger partial charge in [-0.2, -0.15) is 13.5 Å². The van der Waals surface area contributed by atoms with E-state index < -0.39 is 10.0 Å². The molecule has 1 aromatic carbocycles. The zero-order valence-electron chi connectivity index (χ0n) is 12.9. The Hall–Kier alpha value is -2.61. The fourth-order valence-corrected chi connectivity index (χ4v) is 4.18. The molecule has 4 rings (SSSR count). The van der Waals surface area contributed by atoms with Gasteiger partial charge < -0.3 is 4.57 Å². The lowest BCUT2D eigenvalue weighted by Crippen LogP contribution is -2.20. The summed E-state index contributed by atoms with van der Waals surface area (Å²) in [7, 11) is -3.65. The predicted octanol–water partition coefficient (Wildman–Crippen LogP) is 2.41. The van der Waals surface area contributed by atoms with Crippen molar-refractivity contribution in [3.8, 4) is 11.1 Å². The van der Waals surface area contributed by atoms with Crippen LogP contribution in [-0.4, -0.2) is 28.2 Å². The number of benzene rings is 1. The molecule has 0 saturated heterocycles. The highest BCUT2D eigenvalue weighted by Gasteiger charge is 2.24. The Morgan fingerprint density at radius 1 is 1.08 bits per heavy atom. The summed E-state index contributed by atoms with van der Waals surface area (Å²) in [5.41, 5.74) is 2.44. The topological polar surface area (TPSA) is 92.7 Å². The largest absolute Gasteiger partial charge is 0.318 e. The fraction of sp³-hybridized carbons (Fsp3) is 0.250. The van der Waals surface area contributed by atoms with Gasteiger partial charge in [0.05, 0.1) is 12.4 Å². The van der Waals surface area contributed by atoms with Crippen molar-refractivity contribution in [1.82, 2.24) is 19.7 Å². The van der Waals surface area contributed by atoms with E-state index in [1.165, 1.54) is 6.20 Å². The number of hydrogen-bond donors (Lipinski definition) is 2. The smallest absolute Gasteiger partial charge is 0.279 e. The molecule has 0 radical (unpaired) electrons. The van der Waals surface area contributed by atoms with Crippen LogP contribution in [0.15, 0.2) is 47.9 Å². The molecule has 2 aromatic heterocycles. The van der Waals surface area contributed by atoms with Gasteiger partial charge in [0.15, 0.2) is 5.03 Å². The second-order valence-corrected chi connectivity index (χ2v) is 7.42. The van der Waals surface area contributed by atoms with E-state index in [4.69, 9.17) is 0 Å². The first-order valence-corrected chi connectivity index (χ1v) is 9.28. The molecule has 1 aliphatic rings. The molecule has 0 amide bonds. The van der Waals surface area contributed by atoms with Crippen molar-refractivity contribution in [2.75, 3.05) is 4.72 Å². The maximum absolute atomic E-state index is 12.7. The average molecular weight is 343 g/mol. The molecule has 2 N–H and O–H groups in total. The number of anilines is 1. The molecule has 3 aromatic rings. The van der Waals surface area contributed by atoms with Crippen molar-refractivity contribution < 1.29 is 8.42 Å². The normalized spacial score (nSPS) is 14.3. The predicted molar refractivity (Wildman–Crippen MR) is 90.0 cm³/mol. The number of fused-ring (bicyclic) bond motifs is 1. The third-order valence-electron chi connectivity index (χ3n) is 4.18. The maximum atomic E-state index is 12.7. The number of H-pyrrole nitrogens is 1. The van der Waals surface area contributed by atoms with Crippen LogP contribution >= 0.6 is 0 Å². The number of aromatic amines is 1. The minimum atomic E-state index is -3.65. The first kappa shape index (κ1) is 14.9. The van der Waals surface area contributed by atoms with Crippen LogP contribution in [0.4, 0.5) is 5.69 Å². The minimum absolute atomic E-state index is 0.233. The number of sulfonamides is 1. The van der Waals surface area contributed by atoms with E-state index in [1.807, 2.05) is 12.1 Å². The summed E-state index contributed by atoms with van der Waals surface area (Å²) in [6.07, 6.45) is 7.82. The summed E-state index contributed by atoms with van der Waals surface area (Å²) in [5.74, 6) is 0.844. The third kappa shape index (κ3) is 2.69. The fourth-order valence-electron chi connectivity index (χ4n) is 2.95. The summed E-state index contributed by atoms with van der Waals surface area (Å²) in [5, 5.41) is 6.90. The Labute approximate surface area is 139 Å². The second kappa shape index (κ2) is 5.79. The number of imidazole rings is 1. The quantitative estimate of drug-likeness (QED) is 0.761. The SMILES string of the molecule is O=S(=O)(Nc1ccc(-c2cn[nH]c2)cc1)c1cnc2n1CCCC2. The van der Waals surface area contributed by atoms with Crippen molar-refractivity contribution in [1.29, 1.82) is 0 Å². The van der Waals surface area contributed by atoms with E-state index in [0.29, 0.717) is 12.2 Å². The van der Waals surface area contributed by atoms with Gasteiger partial charge >= 0.3 is 0 Å². The van der Waals surface area contributed by atoms with Crippen LogP contribution in [0.3, 0.4) is 0 Å². The summed E-state index contributed by atoms with van der Waals surface area (Å²) in [4.78, 5) is 4.25. The Morgan fingerprint density at radius 2 is 1.92 bits per heavy atom. The van der Waals surface area contributed by atoms with E-state index in [2.05, 4.69) is 19.9 Å². The van der Waals surface area contributed by atoms with Crippen LogP contribution in [-0.2, 0) is 23.0 Å². The third-order valence-corrected chi connectivity index (χ3v) is 5.56. The molecule has 0 fully saturated rings. The zero-order chi connectivity index (χ0) is 16.6. The Bertz CT molecular complexity index is 943. The average Bonchev–Trinajstić information content (AvgIpc) is 3.25. The highest BCUT2D eigenvalue weighted by atomic mass is 32.2. The molecule has 1 aliphatic heterocycles. The Balaban J connectivity index is 1.59. The van der Waals surface area contributed by atoms with Gasteiger partial charge in [0.2, 0.25) is 0 Å². The monoisotopic (exact) mass is 343 g/mol. The first-order chi connectivity index (χ1) is 11.6. The standard InChI is InChI=1S/C16H17N5O2S/c22-24(23,16-11-17-15-3-1-2-8-21(15)16)20-14-6-4-12(5-7-14)13-9-18-19-10-13/h4-7,9-11,20H,1-3,8H2,(H,18,19). The van der Waals surface area contributed by atoms with Crippen LogP contribution in [0, 0.1) is 0 Å². The molecule has 0 bridgehead atoms. The lowest BCUT2D eigenvalue weighted by Gasteiger charge is -2.16. The van der Waals surface area contributed by atoms with E-state index in [9.17, 15) is 8.42 Å².